The number of fused-ring (bicyclic) bond motifs is 1. The van der Waals surface area contributed by atoms with Gasteiger partial charge in [0.15, 0.2) is 5.82 Å². The third-order valence-electron chi connectivity index (χ3n) is 2.46. The van der Waals surface area contributed by atoms with Crippen molar-refractivity contribution in [2.75, 3.05) is 0 Å². The summed E-state index contributed by atoms with van der Waals surface area (Å²) in [4.78, 5) is 4.19. The Bertz CT molecular complexity index is 653. The molecule has 0 atom stereocenters. The molecule has 2 heterocycles. The summed E-state index contributed by atoms with van der Waals surface area (Å²) in [7, 11) is 1.84. The molecule has 1 aromatic carbocycles. The van der Waals surface area contributed by atoms with E-state index in [0.29, 0.717) is 0 Å². The molecule has 0 saturated heterocycles. The average Bonchev–Trinajstić information content (AvgIpc) is 2.83. The van der Waals surface area contributed by atoms with E-state index in [0.717, 1.165) is 16.9 Å². The summed E-state index contributed by atoms with van der Waals surface area (Å²) in [5.41, 5.74) is 1.48. The predicted octanol–water partition coefficient (Wildman–Crippen LogP) is 1.90. The van der Waals surface area contributed by atoms with Crippen molar-refractivity contribution in [3.63, 3.8) is 0 Å². The molecule has 0 fully saturated rings. The van der Waals surface area contributed by atoms with Crippen molar-refractivity contribution in [1.29, 1.82) is 0 Å². The van der Waals surface area contributed by atoms with Gasteiger partial charge in [-0.2, -0.15) is 5.10 Å². The van der Waals surface area contributed by atoms with Gasteiger partial charge in [0.05, 0.1) is 11.0 Å². The predicted molar refractivity (Wildman–Crippen MR) is 57.8 cm³/mol. The van der Waals surface area contributed by atoms with Crippen LogP contribution < -0.4 is 0 Å². The first-order chi connectivity index (χ1) is 7.74. The molecule has 0 N–H and O–H groups in total. The monoisotopic (exact) mass is 216 g/mol. The van der Waals surface area contributed by atoms with Crippen LogP contribution in [0.15, 0.2) is 36.8 Å². The molecule has 0 radical (unpaired) electrons. The van der Waals surface area contributed by atoms with Crippen LogP contribution >= 0.6 is 0 Å². The summed E-state index contributed by atoms with van der Waals surface area (Å²) in [6.07, 6.45) is 3.48. The van der Waals surface area contributed by atoms with Gasteiger partial charge in [-0.15, -0.1) is 0 Å². The van der Waals surface area contributed by atoms with Crippen LogP contribution in [0.25, 0.3) is 16.9 Å². The number of halogens is 1. The summed E-state index contributed by atoms with van der Waals surface area (Å²) in [5, 5.41) is 4.25. The number of aromatic nitrogens is 4. The Labute approximate surface area is 90.9 Å². The number of hydrogen-bond acceptors (Lipinski definition) is 2. The first-order valence-electron chi connectivity index (χ1n) is 4.87. The maximum absolute atomic E-state index is 13.1. The van der Waals surface area contributed by atoms with Crippen LogP contribution in [0, 0.1) is 5.82 Å². The minimum atomic E-state index is -0.273. The van der Waals surface area contributed by atoms with E-state index in [9.17, 15) is 4.39 Å². The Morgan fingerprint density at radius 2 is 2.12 bits per heavy atom. The summed E-state index contributed by atoms with van der Waals surface area (Å²) >= 11 is 0. The Morgan fingerprint density at radius 3 is 2.88 bits per heavy atom. The summed E-state index contributed by atoms with van der Waals surface area (Å²) in [5.74, 6) is 0.459. The second-order valence-corrected chi connectivity index (χ2v) is 3.60. The van der Waals surface area contributed by atoms with Gasteiger partial charge in [-0.05, 0) is 12.1 Å². The summed E-state index contributed by atoms with van der Waals surface area (Å²) < 4.78 is 16.6. The lowest BCUT2D eigenvalue weighted by Crippen LogP contribution is -1.95. The lowest BCUT2D eigenvalue weighted by Gasteiger charge is -1.98. The molecule has 5 heteroatoms. The molecule has 2 aromatic heterocycles. The van der Waals surface area contributed by atoms with Crippen molar-refractivity contribution < 1.29 is 4.39 Å². The highest BCUT2D eigenvalue weighted by Gasteiger charge is 2.07. The fourth-order valence-corrected chi connectivity index (χ4v) is 1.69. The molecule has 16 heavy (non-hydrogen) atoms. The van der Waals surface area contributed by atoms with Crippen molar-refractivity contribution in [2.45, 2.75) is 0 Å². The number of imidazole rings is 1. The quantitative estimate of drug-likeness (QED) is 0.622. The van der Waals surface area contributed by atoms with Gasteiger partial charge in [-0.1, -0.05) is 0 Å². The number of nitrogens with zero attached hydrogens (tertiary/aromatic N) is 4. The van der Waals surface area contributed by atoms with Crippen LogP contribution in [0.5, 0.6) is 0 Å². The highest BCUT2D eigenvalue weighted by atomic mass is 19.1. The molecule has 0 saturated carbocycles. The van der Waals surface area contributed by atoms with E-state index >= 15 is 0 Å². The molecular weight excluding hydrogens is 207 g/mol. The third-order valence-corrected chi connectivity index (χ3v) is 2.46. The maximum Gasteiger partial charge on any atom is 0.160 e. The number of rotatable bonds is 1. The topological polar surface area (TPSA) is 35.6 Å². The van der Waals surface area contributed by atoms with E-state index in [1.165, 1.54) is 12.1 Å². The Hall–Kier alpha value is -2.17. The van der Waals surface area contributed by atoms with Crippen molar-refractivity contribution in [1.82, 2.24) is 19.3 Å². The van der Waals surface area contributed by atoms with E-state index in [-0.39, 0.29) is 5.82 Å². The zero-order valence-electron chi connectivity index (χ0n) is 8.63. The third kappa shape index (κ3) is 1.29. The minimum absolute atomic E-state index is 0.273. The molecule has 3 rings (SSSR count). The molecule has 0 unspecified atom stereocenters. The molecule has 0 amide bonds. The van der Waals surface area contributed by atoms with Crippen molar-refractivity contribution in [3.8, 4) is 5.82 Å². The lowest BCUT2D eigenvalue weighted by molar-refractivity contribution is 0.629. The Balaban J connectivity index is 2.27. The van der Waals surface area contributed by atoms with Crippen LogP contribution in [0.1, 0.15) is 0 Å². The normalized spacial score (nSPS) is 11.1. The number of aryl methyl sites for hydroxylation is 1. The number of hydrogen-bond donors (Lipinski definition) is 0. The first kappa shape index (κ1) is 9.08. The van der Waals surface area contributed by atoms with E-state index in [2.05, 4.69) is 10.1 Å². The van der Waals surface area contributed by atoms with Crippen LogP contribution in [0.4, 0.5) is 4.39 Å². The zero-order chi connectivity index (χ0) is 11.1. The van der Waals surface area contributed by atoms with Gasteiger partial charge >= 0.3 is 0 Å². The van der Waals surface area contributed by atoms with Crippen LogP contribution in [0.2, 0.25) is 0 Å². The van der Waals surface area contributed by atoms with Gasteiger partial charge in [-0.3, -0.25) is 9.25 Å². The maximum atomic E-state index is 13.1. The van der Waals surface area contributed by atoms with E-state index in [4.69, 9.17) is 0 Å². The Morgan fingerprint density at radius 1 is 1.25 bits per heavy atom. The molecule has 0 aliphatic carbocycles. The summed E-state index contributed by atoms with van der Waals surface area (Å²) in [6.45, 7) is 0. The smallest absolute Gasteiger partial charge is 0.160 e. The highest BCUT2D eigenvalue weighted by Crippen LogP contribution is 2.17. The SMILES string of the molecule is Cn1ccc(-n2cnc3ccc(F)cc32)n1. The van der Waals surface area contributed by atoms with Gasteiger partial charge in [0.2, 0.25) is 0 Å². The van der Waals surface area contributed by atoms with E-state index < -0.39 is 0 Å². The van der Waals surface area contributed by atoms with Crippen molar-refractivity contribution in [3.05, 3.63) is 42.6 Å². The van der Waals surface area contributed by atoms with Crippen molar-refractivity contribution in [2.24, 2.45) is 7.05 Å². The van der Waals surface area contributed by atoms with Gasteiger partial charge in [0.1, 0.15) is 12.1 Å². The molecule has 0 spiro atoms. The molecule has 80 valence electrons. The first-order valence-corrected chi connectivity index (χ1v) is 4.87. The molecule has 0 bridgehead atoms. The van der Waals surface area contributed by atoms with Crippen LogP contribution in [-0.2, 0) is 7.05 Å². The summed E-state index contributed by atoms with van der Waals surface area (Å²) in [6, 6.07) is 6.37. The molecule has 0 aliphatic heterocycles. The number of benzene rings is 1. The average molecular weight is 216 g/mol. The standard InChI is InChI=1S/C11H9FN4/c1-15-5-4-11(14-15)16-7-13-9-3-2-8(12)6-10(9)16/h2-7H,1H3. The molecule has 0 aliphatic rings. The van der Waals surface area contributed by atoms with Gasteiger partial charge in [0, 0.05) is 25.4 Å². The fourth-order valence-electron chi connectivity index (χ4n) is 1.69. The second-order valence-electron chi connectivity index (χ2n) is 3.60. The van der Waals surface area contributed by atoms with E-state index in [1.54, 1.807) is 21.6 Å². The Kier molecular flexibility index (Phi) is 1.80. The lowest BCUT2D eigenvalue weighted by atomic mass is 10.3. The fraction of sp³-hybridized carbons (Fsp3) is 0.0909. The van der Waals surface area contributed by atoms with Gasteiger partial charge in [0.25, 0.3) is 0 Å². The second kappa shape index (κ2) is 3.16. The largest absolute Gasteiger partial charge is 0.281 e. The van der Waals surface area contributed by atoms with Crippen LogP contribution in [-0.4, -0.2) is 19.3 Å². The molecule has 3 aromatic rings. The highest BCUT2D eigenvalue weighted by molar-refractivity contribution is 5.76. The van der Waals surface area contributed by atoms with Gasteiger partial charge in [-0.25, -0.2) is 9.37 Å². The zero-order valence-corrected chi connectivity index (χ0v) is 8.63. The minimum Gasteiger partial charge on any atom is -0.281 e. The molecule has 4 nitrogen and oxygen atoms in total. The van der Waals surface area contributed by atoms with Crippen LogP contribution in [0.3, 0.4) is 0 Å². The molecular formula is C11H9FN4. The van der Waals surface area contributed by atoms with Crippen molar-refractivity contribution >= 4 is 11.0 Å². The van der Waals surface area contributed by atoms with Gasteiger partial charge < -0.3 is 0 Å². The van der Waals surface area contributed by atoms with E-state index in [1.807, 2.05) is 19.3 Å².